The van der Waals surface area contributed by atoms with Crippen molar-refractivity contribution in [2.24, 2.45) is 11.8 Å². The van der Waals surface area contributed by atoms with Gasteiger partial charge in [-0.15, -0.1) is 0 Å². The molecule has 0 aromatic carbocycles. The summed E-state index contributed by atoms with van der Waals surface area (Å²) >= 11 is 0. The van der Waals surface area contributed by atoms with Crippen molar-refractivity contribution in [3.63, 3.8) is 0 Å². The van der Waals surface area contributed by atoms with E-state index in [1.807, 2.05) is 5.43 Å². The first-order valence-electron chi connectivity index (χ1n) is 5.73. The van der Waals surface area contributed by atoms with E-state index < -0.39 is 11.9 Å². The van der Waals surface area contributed by atoms with Crippen LogP contribution in [0.2, 0.25) is 0 Å². The van der Waals surface area contributed by atoms with Crippen molar-refractivity contribution in [1.29, 1.82) is 0 Å². The monoisotopic (exact) mass is 277 g/mol. The first kappa shape index (κ1) is 13.8. The third kappa shape index (κ3) is 3.67. The highest BCUT2D eigenvalue weighted by Gasteiger charge is 2.33. The van der Waals surface area contributed by atoms with Crippen LogP contribution in [0.15, 0.2) is 6.07 Å². The second-order valence-corrected chi connectivity index (χ2v) is 4.21. The largest absolute Gasteiger partial charge is 0.433 e. The van der Waals surface area contributed by atoms with Gasteiger partial charge in [0, 0.05) is 25.1 Å². The van der Waals surface area contributed by atoms with E-state index in [0.717, 1.165) is 12.5 Å². The van der Waals surface area contributed by atoms with Crippen LogP contribution >= 0.6 is 0 Å². The van der Waals surface area contributed by atoms with E-state index in [1.165, 1.54) is 0 Å². The number of anilines is 2. The van der Waals surface area contributed by atoms with Gasteiger partial charge in [0.2, 0.25) is 5.95 Å². The Morgan fingerprint density at radius 3 is 2.79 bits per heavy atom. The highest BCUT2D eigenvalue weighted by Crippen LogP contribution is 2.29. The van der Waals surface area contributed by atoms with Crippen molar-refractivity contribution in [2.45, 2.75) is 12.6 Å². The number of halogens is 3. The predicted octanol–water partition coefficient (Wildman–Crippen LogP) is 1.23. The molecule has 1 saturated heterocycles. The normalized spacial score (nSPS) is 19.5. The highest BCUT2D eigenvalue weighted by molar-refractivity contribution is 5.42. The van der Waals surface area contributed by atoms with Gasteiger partial charge in [-0.3, -0.25) is 5.43 Å². The molecule has 0 amide bonds. The van der Waals surface area contributed by atoms with Crippen molar-refractivity contribution in [1.82, 2.24) is 9.97 Å². The number of nitrogens with two attached hydrogens (primary N) is 1. The summed E-state index contributed by atoms with van der Waals surface area (Å²) in [5, 5.41) is 2.85. The minimum Gasteiger partial charge on any atom is -0.381 e. The Kier molecular flexibility index (Phi) is 4.05. The number of nitrogens with one attached hydrogen (secondary N) is 2. The lowest BCUT2D eigenvalue weighted by Gasteiger charge is -2.13. The Balaban J connectivity index is 2.10. The first-order valence-corrected chi connectivity index (χ1v) is 5.73. The molecule has 19 heavy (non-hydrogen) atoms. The van der Waals surface area contributed by atoms with Crippen LogP contribution in [0, 0.1) is 5.92 Å². The molecule has 1 aliphatic heterocycles. The molecule has 0 radical (unpaired) electrons. The minimum atomic E-state index is -4.54. The maximum absolute atomic E-state index is 12.6. The van der Waals surface area contributed by atoms with Crippen LogP contribution in [0.4, 0.5) is 24.9 Å². The van der Waals surface area contributed by atoms with Crippen molar-refractivity contribution in [3.05, 3.63) is 11.8 Å². The van der Waals surface area contributed by atoms with Crippen molar-refractivity contribution >= 4 is 11.8 Å². The molecule has 0 aliphatic carbocycles. The van der Waals surface area contributed by atoms with Gasteiger partial charge in [-0.2, -0.15) is 18.2 Å². The van der Waals surface area contributed by atoms with Gasteiger partial charge in [0.1, 0.15) is 5.82 Å². The second kappa shape index (κ2) is 5.57. The molecule has 0 spiro atoms. The molecule has 2 rings (SSSR count). The van der Waals surface area contributed by atoms with Crippen molar-refractivity contribution in [3.8, 4) is 0 Å². The van der Waals surface area contributed by atoms with E-state index in [0.29, 0.717) is 19.8 Å². The molecule has 1 atom stereocenters. The van der Waals surface area contributed by atoms with Gasteiger partial charge in [-0.1, -0.05) is 0 Å². The van der Waals surface area contributed by atoms with E-state index in [4.69, 9.17) is 10.6 Å². The van der Waals surface area contributed by atoms with Crippen LogP contribution < -0.4 is 16.6 Å². The molecule has 2 heterocycles. The first-order chi connectivity index (χ1) is 8.99. The number of aromatic nitrogens is 2. The summed E-state index contributed by atoms with van der Waals surface area (Å²) in [6.07, 6.45) is -3.66. The lowest BCUT2D eigenvalue weighted by molar-refractivity contribution is -0.141. The zero-order valence-electron chi connectivity index (χ0n) is 10.00. The molecule has 6 nitrogen and oxygen atoms in total. The molecule has 1 fully saturated rings. The summed E-state index contributed by atoms with van der Waals surface area (Å²) in [6.45, 7) is 1.78. The molecule has 1 aliphatic rings. The quantitative estimate of drug-likeness (QED) is 0.567. The van der Waals surface area contributed by atoms with E-state index in [-0.39, 0.29) is 17.7 Å². The summed E-state index contributed by atoms with van der Waals surface area (Å²) in [7, 11) is 0. The van der Waals surface area contributed by atoms with Crippen molar-refractivity contribution < 1.29 is 17.9 Å². The van der Waals surface area contributed by atoms with E-state index in [9.17, 15) is 13.2 Å². The number of rotatable bonds is 4. The molecule has 0 bridgehead atoms. The van der Waals surface area contributed by atoms with Crippen LogP contribution in [-0.2, 0) is 10.9 Å². The predicted molar refractivity (Wildman–Crippen MR) is 62.3 cm³/mol. The van der Waals surface area contributed by atoms with Gasteiger partial charge in [0.05, 0.1) is 6.61 Å². The van der Waals surface area contributed by atoms with Gasteiger partial charge >= 0.3 is 6.18 Å². The van der Waals surface area contributed by atoms with Gasteiger partial charge in [-0.05, 0) is 6.42 Å². The number of nitrogen functional groups attached to an aromatic ring is 1. The maximum atomic E-state index is 12.6. The lowest BCUT2D eigenvalue weighted by atomic mass is 10.1. The fraction of sp³-hybridized carbons (Fsp3) is 0.600. The zero-order chi connectivity index (χ0) is 13.9. The Morgan fingerprint density at radius 2 is 2.21 bits per heavy atom. The average Bonchev–Trinajstić information content (AvgIpc) is 2.88. The summed E-state index contributed by atoms with van der Waals surface area (Å²) < 4.78 is 43.0. The number of hydrogen-bond donors (Lipinski definition) is 3. The summed E-state index contributed by atoms with van der Waals surface area (Å²) in [4.78, 5) is 7.09. The second-order valence-electron chi connectivity index (χ2n) is 4.21. The molecular formula is C10H14F3N5O. The number of ether oxygens (including phenoxy) is 1. The summed E-state index contributed by atoms with van der Waals surface area (Å²) in [5.74, 6) is 5.14. The fourth-order valence-corrected chi connectivity index (χ4v) is 1.74. The molecule has 106 valence electrons. The van der Waals surface area contributed by atoms with Crippen LogP contribution in [0.1, 0.15) is 12.1 Å². The highest BCUT2D eigenvalue weighted by atomic mass is 19.4. The third-order valence-electron chi connectivity index (χ3n) is 2.74. The zero-order valence-corrected chi connectivity index (χ0v) is 10.00. The molecular weight excluding hydrogens is 263 g/mol. The summed E-state index contributed by atoms with van der Waals surface area (Å²) in [6, 6.07) is 0.858. The van der Waals surface area contributed by atoms with Crippen LogP contribution in [0.3, 0.4) is 0 Å². The molecule has 0 saturated carbocycles. The number of nitrogens with zero attached hydrogens (tertiary/aromatic N) is 2. The fourth-order valence-electron chi connectivity index (χ4n) is 1.74. The van der Waals surface area contributed by atoms with Gasteiger partial charge in [0.15, 0.2) is 5.69 Å². The molecule has 1 aromatic heterocycles. The van der Waals surface area contributed by atoms with Crippen LogP contribution in [-0.4, -0.2) is 29.7 Å². The Labute approximate surface area is 107 Å². The molecule has 4 N–H and O–H groups in total. The number of hydrazine groups is 1. The van der Waals surface area contributed by atoms with Crippen LogP contribution in [0.25, 0.3) is 0 Å². The summed E-state index contributed by atoms with van der Waals surface area (Å²) in [5.41, 5.74) is 0.980. The van der Waals surface area contributed by atoms with E-state index >= 15 is 0 Å². The Hall–Kier alpha value is -1.61. The third-order valence-corrected chi connectivity index (χ3v) is 2.74. The number of alkyl halides is 3. The minimum absolute atomic E-state index is 0.0853. The maximum Gasteiger partial charge on any atom is 0.433 e. The standard InChI is InChI=1S/C10H14F3N5O/c11-10(12,13)7-3-8(17-9(16-7)18-14)15-4-6-1-2-19-5-6/h3,6H,1-2,4-5,14H2,(H2,15,16,17,18). The van der Waals surface area contributed by atoms with E-state index in [2.05, 4.69) is 15.3 Å². The average molecular weight is 277 g/mol. The molecule has 9 heteroatoms. The Bertz CT molecular complexity index is 434. The lowest BCUT2D eigenvalue weighted by Crippen LogP contribution is -2.19. The molecule has 1 aromatic rings. The van der Waals surface area contributed by atoms with Crippen molar-refractivity contribution in [2.75, 3.05) is 30.5 Å². The Morgan fingerprint density at radius 1 is 1.42 bits per heavy atom. The molecule has 1 unspecified atom stereocenters. The van der Waals surface area contributed by atoms with Crippen LogP contribution in [0.5, 0.6) is 0 Å². The number of hydrogen-bond acceptors (Lipinski definition) is 6. The topological polar surface area (TPSA) is 85.1 Å². The van der Waals surface area contributed by atoms with Gasteiger partial charge < -0.3 is 10.1 Å². The SMILES string of the molecule is NNc1nc(NCC2CCOC2)cc(C(F)(F)F)n1. The van der Waals surface area contributed by atoms with E-state index in [1.54, 1.807) is 0 Å². The van der Waals surface area contributed by atoms with Gasteiger partial charge in [-0.25, -0.2) is 10.8 Å². The van der Waals surface area contributed by atoms with Gasteiger partial charge in [0.25, 0.3) is 0 Å². The smallest absolute Gasteiger partial charge is 0.381 e.